The lowest BCUT2D eigenvalue weighted by atomic mass is 9.88. The highest BCUT2D eigenvalue weighted by atomic mass is 28.4. The first-order chi connectivity index (χ1) is 31.4. The molecule has 0 aromatic heterocycles. The average Bonchev–Trinajstić information content (AvgIpc) is 3.24. The van der Waals surface area contributed by atoms with Crippen LogP contribution in [0.4, 0.5) is 85.1 Å². The molecule has 0 heterocycles. The molecule has 0 radical (unpaired) electrons. The van der Waals surface area contributed by atoms with E-state index in [0.717, 1.165) is 0 Å². The molecule has 0 spiro atoms. The third-order valence-corrected chi connectivity index (χ3v) is 16.8. The van der Waals surface area contributed by atoms with Crippen molar-refractivity contribution in [3.63, 3.8) is 0 Å². The van der Waals surface area contributed by atoms with Crippen LogP contribution < -0.4 is 14.8 Å². The lowest BCUT2D eigenvalue weighted by Crippen LogP contribution is -2.74. The first-order valence-corrected chi connectivity index (χ1v) is 22.8. The quantitative estimate of drug-likeness (QED) is 0.0264. The zero-order valence-electron chi connectivity index (χ0n) is 38.0. The van der Waals surface area contributed by atoms with E-state index in [4.69, 9.17) is 23.4 Å². The van der Waals surface area contributed by atoms with Gasteiger partial charge in [0.2, 0.25) is 0 Å². The van der Waals surface area contributed by atoms with Crippen molar-refractivity contribution in [2.24, 2.45) is 5.92 Å². The number of rotatable bonds is 25. The third-order valence-electron chi connectivity index (χ3n) is 11.1. The van der Waals surface area contributed by atoms with E-state index in [1.165, 1.54) is 71.2 Å². The van der Waals surface area contributed by atoms with Gasteiger partial charge in [-0.1, -0.05) is 64.5 Å². The van der Waals surface area contributed by atoms with Gasteiger partial charge in [-0.05, 0) is 72.9 Å². The van der Waals surface area contributed by atoms with Gasteiger partial charge in [0.25, 0.3) is 0 Å². The number of anilines is 1. The SMILES string of the molecule is CCOC(=O)/C=C/C=C(\C)[C@@H](C)[C@H](OC(=O)Nc1ccc(OC)cc1)c1ccc(OCCO[Si](CCC(F)(F)C(F)(F)C(F)(F)C(F)(F)C(F)(F)C(F)(F)C(F)(F)C(F)(F)F)(C(C)C)C(C)C)cc1. The van der Waals surface area contributed by atoms with Crippen LogP contribution in [0.2, 0.25) is 17.1 Å². The van der Waals surface area contributed by atoms with Crippen molar-refractivity contribution < 1.29 is 108 Å². The molecule has 1 amide bonds. The minimum absolute atomic E-state index is 0.118. The lowest BCUT2D eigenvalue weighted by molar-refractivity contribution is -0.461. The van der Waals surface area contributed by atoms with E-state index >= 15 is 8.78 Å². The van der Waals surface area contributed by atoms with Gasteiger partial charge >= 0.3 is 59.7 Å². The molecule has 0 saturated heterocycles. The van der Waals surface area contributed by atoms with Gasteiger partial charge in [0.15, 0.2) is 8.32 Å². The van der Waals surface area contributed by atoms with Crippen LogP contribution in [0.1, 0.15) is 66.6 Å². The number of benzene rings is 2. The molecule has 392 valence electrons. The van der Waals surface area contributed by atoms with Crippen molar-refractivity contribution in [2.45, 2.75) is 126 Å². The lowest BCUT2D eigenvalue weighted by Gasteiger charge is -2.44. The second-order valence-corrected chi connectivity index (χ2v) is 21.2. The van der Waals surface area contributed by atoms with Crippen LogP contribution in [0.15, 0.2) is 72.3 Å². The number of allylic oxidation sites excluding steroid dienone is 2. The largest absolute Gasteiger partial charge is 0.497 e. The van der Waals surface area contributed by atoms with Gasteiger partial charge in [-0.25, -0.2) is 9.59 Å². The maximum absolute atomic E-state index is 15.0. The summed E-state index contributed by atoms with van der Waals surface area (Å²) in [6, 6.07) is 10.8. The van der Waals surface area contributed by atoms with E-state index in [2.05, 4.69) is 5.32 Å². The number of carbonyl (C=O) groups is 2. The summed E-state index contributed by atoms with van der Waals surface area (Å²) >= 11 is 0. The smallest absolute Gasteiger partial charge is 0.460 e. The molecule has 2 aromatic carbocycles. The first kappa shape index (κ1) is 60.4. The summed E-state index contributed by atoms with van der Waals surface area (Å²) in [4.78, 5) is 24.9. The van der Waals surface area contributed by atoms with Gasteiger partial charge in [-0.15, -0.1) is 0 Å². The van der Waals surface area contributed by atoms with Crippen LogP contribution in [0.3, 0.4) is 0 Å². The van der Waals surface area contributed by atoms with Crippen molar-refractivity contribution in [3.05, 3.63) is 77.9 Å². The number of hydrogen-bond acceptors (Lipinski definition) is 7. The Labute approximate surface area is 386 Å². The normalized spacial score (nSPS) is 15.1. The predicted octanol–water partition coefficient (Wildman–Crippen LogP) is 14.2. The van der Waals surface area contributed by atoms with E-state index in [-0.39, 0.29) is 12.4 Å². The van der Waals surface area contributed by atoms with Crippen molar-refractivity contribution in [3.8, 4) is 11.5 Å². The summed E-state index contributed by atoms with van der Waals surface area (Å²) in [5.41, 5.74) is -0.367. The molecule has 2 atom stereocenters. The fourth-order valence-electron chi connectivity index (χ4n) is 6.76. The maximum atomic E-state index is 15.0. The number of carbonyl (C=O) groups excluding carboxylic acids is 2. The summed E-state index contributed by atoms with van der Waals surface area (Å²) in [5.74, 6) is -57.4. The second kappa shape index (κ2) is 22.6. The highest BCUT2D eigenvalue weighted by molar-refractivity contribution is 6.76. The molecule has 2 aromatic rings. The predicted molar refractivity (Wildman–Crippen MR) is 218 cm³/mol. The highest BCUT2D eigenvalue weighted by Gasteiger charge is 2.95. The zero-order chi connectivity index (χ0) is 53.4. The number of hydrogen-bond donors (Lipinski definition) is 1. The highest BCUT2D eigenvalue weighted by Crippen LogP contribution is 2.64. The molecule has 0 aliphatic carbocycles. The molecule has 69 heavy (non-hydrogen) atoms. The van der Waals surface area contributed by atoms with Crippen LogP contribution in [0.25, 0.3) is 0 Å². The number of halogens is 17. The van der Waals surface area contributed by atoms with Gasteiger partial charge in [-0.2, -0.15) is 74.6 Å². The number of methoxy groups -OCH3 is 1. The Morgan fingerprint density at radius 1 is 0.667 bits per heavy atom. The molecule has 0 aliphatic heterocycles. The molecule has 0 saturated carbocycles. The van der Waals surface area contributed by atoms with Crippen molar-refractivity contribution in [1.82, 2.24) is 0 Å². The Kier molecular flexibility index (Phi) is 19.7. The molecular formula is C43H50F17NO7Si. The van der Waals surface area contributed by atoms with Gasteiger partial charge in [0.1, 0.15) is 24.2 Å². The average molecular weight is 1040 g/mol. The molecule has 0 unspecified atom stereocenters. The zero-order valence-corrected chi connectivity index (χ0v) is 39.0. The van der Waals surface area contributed by atoms with E-state index in [0.29, 0.717) is 22.6 Å². The van der Waals surface area contributed by atoms with Crippen molar-refractivity contribution in [1.29, 1.82) is 0 Å². The Morgan fingerprint density at radius 3 is 1.61 bits per heavy atom. The van der Waals surface area contributed by atoms with Crippen LogP contribution in [0.5, 0.6) is 11.5 Å². The van der Waals surface area contributed by atoms with Gasteiger partial charge in [0.05, 0.1) is 20.3 Å². The Morgan fingerprint density at radius 2 is 1.14 bits per heavy atom. The number of nitrogens with one attached hydrogen (secondary N) is 1. The number of ether oxygens (including phenoxy) is 4. The summed E-state index contributed by atoms with van der Waals surface area (Å²) in [5, 5.41) is 2.59. The van der Waals surface area contributed by atoms with E-state index < -0.39 is 117 Å². The monoisotopic (exact) mass is 1040 g/mol. The Balaban J connectivity index is 2.34. The molecule has 2 rings (SSSR count). The maximum Gasteiger partial charge on any atom is 0.460 e. The summed E-state index contributed by atoms with van der Waals surface area (Å²) < 4.78 is 264. The Hall–Kier alpha value is -4.75. The van der Waals surface area contributed by atoms with Crippen LogP contribution >= 0.6 is 0 Å². The minimum Gasteiger partial charge on any atom is -0.497 e. The summed E-state index contributed by atoms with van der Waals surface area (Å²) in [6.45, 7) is 9.51. The topological polar surface area (TPSA) is 92.3 Å². The second-order valence-electron chi connectivity index (χ2n) is 16.2. The molecule has 0 bridgehead atoms. The first-order valence-electron chi connectivity index (χ1n) is 20.6. The number of alkyl halides is 17. The van der Waals surface area contributed by atoms with Gasteiger partial charge in [0, 0.05) is 24.1 Å². The third kappa shape index (κ3) is 12.8. The molecule has 0 fully saturated rings. The fourth-order valence-corrected chi connectivity index (χ4v) is 11.2. The molecule has 8 nitrogen and oxygen atoms in total. The summed E-state index contributed by atoms with van der Waals surface area (Å²) in [7, 11) is -2.58. The fraction of sp³-hybridized carbons (Fsp3) is 0.581. The van der Waals surface area contributed by atoms with E-state index in [1.54, 1.807) is 51.1 Å². The molecule has 26 heteroatoms. The van der Waals surface area contributed by atoms with Crippen LogP contribution in [-0.4, -0.2) is 94.9 Å². The number of esters is 1. The van der Waals surface area contributed by atoms with Gasteiger partial charge in [-0.3, -0.25) is 5.32 Å². The van der Waals surface area contributed by atoms with Crippen molar-refractivity contribution >= 4 is 26.1 Å². The molecular weight excluding hydrogens is 994 g/mol. The molecule has 0 aliphatic rings. The van der Waals surface area contributed by atoms with E-state index in [1.807, 2.05) is 0 Å². The van der Waals surface area contributed by atoms with E-state index in [9.17, 15) is 75.4 Å². The van der Waals surface area contributed by atoms with Crippen LogP contribution in [0, 0.1) is 5.92 Å². The van der Waals surface area contributed by atoms with Crippen LogP contribution in [-0.2, 0) is 18.7 Å². The van der Waals surface area contributed by atoms with Crippen molar-refractivity contribution in [2.75, 3.05) is 32.2 Å². The summed E-state index contributed by atoms with van der Waals surface area (Å²) in [6.07, 6.45) is -8.04. The Bertz CT molecular complexity index is 2050. The van der Waals surface area contributed by atoms with Gasteiger partial charge < -0.3 is 23.4 Å². The molecule has 1 N–H and O–H groups in total. The minimum atomic E-state index is -8.70. The number of amides is 1. The standard InChI is InChI=1S/C43H50F17NO7Si/c1-9-65-33(62)12-10-11-27(6)28(7)34(68-35(63)61-30-15-19-31(64-8)20-16-30)29-13-17-32(18-14-29)66-22-23-67-69(25(2)3,26(4)5)24-21-36(44,45)37(46,47)38(48,49)39(50,51)40(52,53)41(54,55)42(56,57)43(58,59)60/h10-20,25-26,28,34H,9,21-24H2,1-8H3,(H,61,63)/b12-10+,27-11+/t28-,34+/m1/s1.